The Bertz CT molecular complexity index is 393. The van der Waals surface area contributed by atoms with E-state index in [1.165, 1.54) is 0 Å². The Kier molecular flexibility index (Phi) is 2.88. The molecule has 0 aromatic heterocycles. The number of benzene rings is 1. The highest BCUT2D eigenvalue weighted by Crippen LogP contribution is 2.15. The molecule has 0 saturated heterocycles. The van der Waals surface area contributed by atoms with Gasteiger partial charge in [-0.05, 0) is 24.6 Å². The van der Waals surface area contributed by atoms with Crippen molar-refractivity contribution in [3.63, 3.8) is 0 Å². The van der Waals surface area contributed by atoms with Gasteiger partial charge in [0.25, 0.3) is 0 Å². The second kappa shape index (κ2) is 3.92. The highest BCUT2D eigenvalue weighted by atomic mass is 35.5. The first-order chi connectivity index (χ1) is 6.19. The van der Waals surface area contributed by atoms with Gasteiger partial charge in [-0.25, -0.2) is 0 Å². The van der Waals surface area contributed by atoms with Gasteiger partial charge in [-0.15, -0.1) is 0 Å². The van der Waals surface area contributed by atoms with Gasteiger partial charge in [0.1, 0.15) is 6.07 Å². The van der Waals surface area contributed by atoms with Crippen LogP contribution >= 0.6 is 11.6 Å². The van der Waals surface area contributed by atoms with E-state index in [-0.39, 0.29) is 5.71 Å². The third-order valence-electron chi connectivity index (χ3n) is 1.65. The van der Waals surface area contributed by atoms with Crippen LogP contribution in [0, 0.1) is 18.3 Å². The fraction of sp³-hybridized carbons (Fsp3) is 0.111. The molecule has 0 aliphatic rings. The predicted molar refractivity (Wildman–Crippen MR) is 50.1 cm³/mol. The maximum Gasteiger partial charge on any atom is 0.186 e. The van der Waals surface area contributed by atoms with Crippen LogP contribution < -0.4 is 0 Å². The summed E-state index contributed by atoms with van der Waals surface area (Å²) in [7, 11) is 0. The molecule has 1 N–H and O–H groups in total. The van der Waals surface area contributed by atoms with Crippen molar-refractivity contribution in [2.24, 2.45) is 5.16 Å². The first kappa shape index (κ1) is 9.56. The summed E-state index contributed by atoms with van der Waals surface area (Å²) in [5, 5.41) is 20.6. The molecule has 1 rings (SSSR count). The van der Waals surface area contributed by atoms with E-state index in [0.717, 1.165) is 5.56 Å². The van der Waals surface area contributed by atoms with E-state index < -0.39 is 0 Å². The maximum atomic E-state index is 8.60. The van der Waals surface area contributed by atoms with Crippen LogP contribution in [-0.2, 0) is 0 Å². The standard InChI is InChI=1S/C9H7ClN2O/c1-6-4-7(10)2-3-8(6)9(5-11)12-13/h2-4,13H,1H3/b12-9-. The molecule has 1 aromatic carbocycles. The van der Waals surface area contributed by atoms with Gasteiger partial charge in [-0.3, -0.25) is 0 Å². The van der Waals surface area contributed by atoms with Crippen LogP contribution in [0.1, 0.15) is 11.1 Å². The minimum absolute atomic E-state index is 0.00540. The fourth-order valence-electron chi connectivity index (χ4n) is 1.03. The number of hydrogen-bond acceptors (Lipinski definition) is 3. The minimum atomic E-state index is -0.00540. The smallest absolute Gasteiger partial charge is 0.186 e. The molecule has 0 spiro atoms. The van der Waals surface area contributed by atoms with E-state index in [9.17, 15) is 0 Å². The average Bonchev–Trinajstić information content (AvgIpc) is 2.10. The molecule has 1 aromatic rings. The number of nitrogens with zero attached hydrogens (tertiary/aromatic N) is 2. The Morgan fingerprint density at radius 2 is 2.31 bits per heavy atom. The van der Waals surface area contributed by atoms with Crippen LogP contribution in [0.5, 0.6) is 0 Å². The summed E-state index contributed by atoms with van der Waals surface area (Å²) in [5.41, 5.74) is 1.39. The van der Waals surface area contributed by atoms with E-state index in [4.69, 9.17) is 22.1 Å². The second-order valence-electron chi connectivity index (χ2n) is 2.52. The van der Waals surface area contributed by atoms with Crippen LogP contribution in [-0.4, -0.2) is 10.9 Å². The van der Waals surface area contributed by atoms with Crippen LogP contribution in [0.2, 0.25) is 5.02 Å². The van der Waals surface area contributed by atoms with Crippen molar-refractivity contribution in [3.8, 4) is 6.07 Å². The van der Waals surface area contributed by atoms with Crippen LogP contribution in [0.25, 0.3) is 0 Å². The number of aryl methyl sites for hydroxylation is 1. The molecule has 0 aliphatic heterocycles. The first-order valence-corrected chi connectivity index (χ1v) is 3.95. The summed E-state index contributed by atoms with van der Waals surface area (Å²) in [6, 6.07) is 6.79. The molecule has 3 nitrogen and oxygen atoms in total. The van der Waals surface area contributed by atoms with Crippen molar-refractivity contribution >= 4 is 17.3 Å². The van der Waals surface area contributed by atoms with Gasteiger partial charge in [-0.1, -0.05) is 22.8 Å². The molecule has 4 heteroatoms. The van der Waals surface area contributed by atoms with Gasteiger partial charge < -0.3 is 5.21 Å². The summed E-state index contributed by atoms with van der Waals surface area (Å²) in [5.74, 6) is 0. The predicted octanol–water partition coefficient (Wildman–Crippen LogP) is 2.35. The summed E-state index contributed by atoms with van der Waals surface area (Å²) < 4.78 is 0. The van der Waals surface area contributed by atoms with Gasteiger partial charge in [0.05, 0.1) is 0 Å². The molecular weight excluding hydrogens is 188 g/mol. The topological polar surface area (TPSA) is 56.4 Å². The SMILES string of the molecule is Cc1cc(Cl)ccc1/C(C#N)=N\O. The Labute approximate surface area is 80.9 Å². The van der Waals surface area contributed by atoms with Crippen molar-refractivity contribution in [2.75, 3.05) is 0 Å². The molecule has 0 aliphatic carbocycles. The largest absolute Gasteiger partial charge is 0.410 e. The molecule has 0 saturated carbocycles. The number of oxime groups is 1. The molecule has 0 fully saturated rings. The summed E-state index contributed by atoms with van der Waals surface area (Å²) in [6.45, 7) is 1.80. The van der Waals surface area contributed by atoms with Gasteiger partial charge in [0, 0.05) is 10.6 Å². The monoisotopic (exact) mass is 194 g/mol. The lowest BCUT2D eigenvalue weighted by molar-refractivity contribution is 0.320. The van der Waals surface area contributed by atoms with E-state index in [0.29, 0.717) is 10.6 Å². The Balaban J connectivity index is 3.25. The second-order valence-corrected chi connectivity index (χ2v) is 2.96. The quantitative estimate of drug-likeness (QED) is 0.424. The zero-order chi connectivity index (χ0) is 9.84. The molecule has 0 bridgehead atoms. The summed E-state index contributed by atoms with van der Waals surface area (Å²) >= 11 is 5.72. The van der Waals surface area contributed by atoms with Crippen molar-refractivity contribution in [3.05, 3.63) is 34.3 Å². The highest BCUT2D eigenvalue weighted by molar-refractivity contribution is 6.30. The molecule has 0 heterocycles. The van der Waals surface area contributed by atoms with Crippen LogP contribution in [0.3, 0.4) is 0 Å². The molecule has 0 radical (unpaired) electrons. The number of hydrogen-bond donors (Lipinski definition) is 1. The zero-order valence-electron chi connectivity index (χ0n) is 6.95. The van der Waals surface area contributed by atoms with Crippen molar-refractivity contribution < 1.29 is 5.21 Å². The van der Waals surface area contributed by atoms with Crippen molar-refractivity contribution in [1.29, 1.82) is 5.26 Å². The van der Waals surface area contributed by atoms with Crippen LogP contribution in [0.15, 0.2) is 23.4 Å². The average molecular weight is 195 g/mol. The van der Waals surface area contributed by atoms with E-state index in [1.807, 2.05) is 0 Å². The molecular formula is C9H7ClN2O. The lowest BCUT2D eigenvalue weighted by Gasteiger charge is -2.01. The van der Waals surface area contributed by atoms with E-state index in [1.54, 1.807) is 31.2 Å². The Morgan fingerprint density at radius 3 is 2.77 bits per heavy atom. The van der Waals surface area contributed by atoms with Gasteiger partial charge >= 0.3 is 0 Å². The third kappa shape index (κ3) is 1.98. The van der Waals surface area contributed by atoms with Crippen molar-refractivity contribution in [2.45, 2.75) is 6.92 Å². The Morgan fingerprint density at radius 1 is 1.62 bits per heavy atom. The third-order valence-corrected chi connectivity index (χ3v) is 1.88. The summed E-state index contributed by atoms with van der Waals surface area (Å²) in [6.07, 6.45) is 0. The minimum Gasteiger partial charge on any atom is -0.410 e. The number of rotatable bonds is 1. The van der Waals surface area contributed by atoms with Gasteiger partial charge in [-0.2, -0.15) is 5.26 Å². The summed E-state index contributed by atoms with van der Waals surface area (Å²) in [4.78, 5) is 0. The first-order valence-electron chi connectivity index (χ1n) is 3.57. The molecule has 0 unspecified atom stereocenters. The van der Waals surface area contributed by atoms with E-state index >= 15 is 0 Å². The highest BCUT2D eigenvalue weighted by Gasteiger charge is 2.06. The van der Waals surface area contributed by atoms with Crippen molar-refractivity contribution in [1.82, 2.24) is 0 Å². The lowest BCUT2D eigenvalue weighted by Crippen LogP contribution is -1.99. The number of halogens is 1. The molecule has 66 valence electrons. The molecule has 0 amide bonds. The Hall–Kier alpha value is -1.53. The van der Waals surface area contributed by atoms with Crippen LogP contribution in [0.4, 0.5) is 0 Å². The molecule has 0 atom stereocenters. The van der Waals surface area contributed by atoms with Gasteiger partial charge in [0.15, 0.2) is 5.71 Å². The zero-order valence-corrected chi connectivity index (χ0v) is 7.71. The van der Waals surface area contributed by atoms with E-state index in [2.05, 4.69) is 5.16 Å². The fourth-order valence-corrected chi connectivity index (χ4v) is 1.26. The maximum absolute atomic E-state index is 8.60. The lowest BCUT2D eigenvalue weighted by atomic mass is 10.1. The number of nitriles is 1. The van der Waals surface area contributed by atoms with Gasteiger partial charge in [0.2, 0.25) is 0 Å². The molecule has 13 heavy (non-hydrogen) atoms. The normalized spacial score (nSPS) is 11.0.